The van der Waals surface area contributed by atoms with E-state index < -0.39 is 14.6 Å². The summed E-state index contributed by atoms with van der Waals surface area (Å²) < 4.78 is 27.6. The highest BCUT2D eigenvalue weighted by molar-refractivity contribution is 7.44. The van der Waals surface area contributed by atoms with Crippen molar-refractivity contribution in [2.24, 2.45) is 0 Å². The zero-order valence-corrected chi connectivity index (χ0v) is 17.6. The lowest BCUT2D eigenvalue weighted by molar-refractivity contribution is -0.712. The van der Waals surface area contributed by atoms with Gasteiger partial charge in [0.25, 0.3) is 13.6 Å². The fourth-order valence-corrected chi connectivity index (χ4v) is 3.21. The van der Waals surface area contributed by atoms with E-state index in [0.717, 1.165) is 5.56 Å². The zero-order chi connectivity index (χ0) is 22.6. The lowest BCUT2D eigenvalue weighted by atomic mass is 10.1. The fraction of sp³-hybridized carbons (Fsp3) is 0.0952. The Morgan fingerprint density at radius 1 is 1.16 bits per heavy atom. The second-order valence-electron chi connectivity index (χ2n) is 6.78. The van der Waals surface area contributed by atoms with E-state index in [9.17, 15) is 9.46 Å². The van der Waals surface area contributed by atoms with E-state index in [4.69, 9.17) is 19.9 Å². The van der Waals surface area contributed by atoms with Gasteiger partial charge in [0.2, 0.25) is 5.88 Å². The molecule has 3 N–H and O–H groups in total. The quantitative estimate of drug-likeness (QED) is 0.302. The average molecular weight is 454 g/mol. The molecule has 0 aliphatic carbocycles. The van der Waals surface area contributed by atoms with Crippen LogP contribution in [0.3, 0.4) is 0 Å². The number of phosphoric ester groups is 1. The Labute approximate surface area is 183 Å². The summed E-state index contributed by atoms with van der Waals surface area (Å²) in [6.07, 6.45) is 3.68. The van der Waals surface area contributed by atoms with Gasteiger partial charge in [-0.25, -0.2) is 9.55 Å². The number of nitrogen functional groups attached to an aromatic ring is 1. The fourth-order valence-electron chi connectivity index (χ4n) is 2.94. The van der Waals surface area contributed by atoms with Crippen LogP contribution in [-0.4, -0.2) is 15.0 Å². The number of para-hydroxylation sites is 1. The molecule has 164 valence electrons. The summed E-state index contributed by atoms with van der Waals surface area (Å²) in [6, 6.07) is 18.1. The van der Waals surface area contributed by atoms with Crippen LogP contribution < -0.4 is 19.9 Å². The van der Waals surface area contributed by atoms with Crippen molar-refractivity contribution in [2.45, 2.75) is 13.2 Å². The topological polar surface area (TPSA) is 148 Å². The van der Waals surface area contributed by atoms with Crippen molar-refractivity contribution in [1.29, 1.82) is 0 Å². The monoisotopic (exact) mass is 454 g/mol. The van der Waals surface area contributed by atoms with Crippen LogP contribution in [0.15, 0.2) is 77.6 Å². The van der Waals surface area contributed by atoms with Gasteiger partial charge in [0.1, 0.15) is 11.3 Å². The summed E-state index contributed by atoms with van der Waals surface area (Å²) in [7, 11) is -4.87. The highest BCUT2D eigenvalue weighted by atomic mass is 31.2. The van der Waals surface area contributed by atoms with Crippen molar-refractivity contribution < 1.29 is 32.7 Å². The number of rotatable bonds is 8. The van der Waals surface area contributed by atoms with Gasteiger partial charge in [-0.05, 0) is 29.8 Å². The molecule has 1 atom stereocenters. The Hall–Kier alpha value is -3.56. The van der Waals surface area contributed by atoms with E-state index in [1.54, 1.807) is 30.5 Å². The van der Waals surface area contributed by atoms with Gasteiger partial charge in [-0.15, -0.1) is 0 Å². The molecule has 0 amide bonds. The first-order chi connectivity index (χ1) is 15.4. The highest BCUT2D eigenvalue weighted by Crippen LogP contribution is 2.30. The number of aromatic nitrogens is 3. The van der Waals surface area contributed by atoms with Crippen LogP contribution in [0.25, 0.3) is 11.3 Å². The third kappa shape index (κ3) is 5.57. The second-order valence-corrected chi connectivity index (χ2v) is 7.98. The van der Waals surface area contributed by atoms with E-state index in [2.05, 4.69) is 14.7 Å². The number of hydrogen-bond acceptors (Lipinski definition) is 8. The molecule has 0 aliphatic heterocycles. The van der Waals surface area contributed by atoms with Crippen LogP contribution in [0.4, 0.5) is 5.82 Å². The third-order valence-electron chi connectivity index (χ3n) is 4.45. The Kier molecular flexibility index (Phi) is 6.29. The summed E-state index contributed by atoms with van der Waals surface area (Å²) in [4.78, 5) is 23.9. The van der Waals surface area contributed by atoms with Gasteiger partial charge in [0.05, 0.1) is 11.9 Å². The summed E-state index contributed by atoms with van der Waals surface area (Å²) >= 11 is 0. The molecule has 0 saturated heterocycles. The third-order valence-corrected chi connectivity index (χ3v) is 4.89. The highest BCUT2D eigenvalue weighted by Gasteiger charge is 2.18. The molecular formula is C21H19N4O6P. The maximum atomic E-state index is 10.8. The van der Waals surface area contributed by atoms with Gasteiger partial charge in [0, 0.05) is 24.8 Å². The van der Waals surface area contributed by atoms with Gasteiger partial charge < -0.3 is 19.0 Å². The Balaban J connectivity index is 1.45. The summed E-state index contributed by atoms with van der Waals surface area (Å²) in [5, 5.41) is 4.07. The number of hydrogen-bond donors (Lipinski definition) is 2. The van der Waals surface area contributed by atoms with Crippen LogP contribution in [-0.2, 0) is 22.2 Å². The predicted molar refractivity (Wildman–Crippen MR) is 111 cm³/mol. The molecule has 0 bridgehead atoms. The lowest BCUT2D eigenvalue weighted by Crippen LogP contribution is -2.38. The van der Waals surface area contributed by atoms with Gasteiger partial charge >= 0.3 is 0 Å². The molecule has 3 aromatic heterocycles. The van der Waals surface area contributed by atoms with E-state index in [1.165, 1.54) is 10.8 Å². The number of pyridine rings is 2. The standard InChI is InChI=1S/C21H19N4O6P/c22-21-18(7-4-10-25(21)14-29-32(26,27)28)19-12-16(24-31-19)11-15-8-9-20(23-13-15)30-17-5-2-1-3-6-17/h1-10,12-13,22H,11,14H2,(H2,26,27,28). The van der Waals surface area contributed by atoms with Crippen molar-refractivity contribution in [3.05, 3.63) is 84.3 Å². The molecule has 1 unspecified atom stereocenters. The first-order valence-corrected chi connectivity index (χ1v) is 11.0. The first kappa shape index (κ1) is 21.7. The molecule has 3 heterocycles. The molecule has 4 rings (SSSR count). The van der Waals surface area contributed by atoms with E-state index in [1.807, 2.05) is 36.4 Å². The largest absolute Gasteiger partial charge is 0.756 e. The first-order valence-electron chi connectivity index (χ1n) is 9.47. The molecular weight excluding hydrogens is 435 g/mol. The van der Waals surface area contributed by atoms with E-state index in [0.29, 0.717) is 35.1 Å². The number of benzene rings is 1. The number of nitrogens with zero attached hydrogens (tertiary/aromatic N) is 3. The minimum atomic E-state index is -4.87. The summed E-state index contributed by atoms with van der Waals surface area (Å²) in [6.45, 7) is -0.471. The van der Waals surface area contributed by atoms with E-state index >= 15 is 0 Å². The van der Waals surface area contributed by atoms with Gasteiger partial charge in [-0.3, -0.25) is 14.8 Å². The predicted octanol–water partition coefficient (Wildman–Crippen LogP) is 2.42. The van der Waals surface area contributed by atoms with Gasteiger partial charge in [0.15, 0.2) is 12.5 Å². The molecule has 1 aromatic carbocycles. The van der Waals surface area contributed by atoms with Crippen LogP contribution >= 0.6 is 7.82 Å². The normalized spacial score (nSPS) is 12.9. The number of ether oxygens (including phenoxy) is 1. The average Bonchev–Trinajstić information content (AvgIpc) is 3.23. The molecule has 32 heavy (non-hydrogen) atoms. The molecule has 0 spiro atoms. The van der Waals surface area contributed by atoms with Crippen LogP contribution in [0, 0.1) is 0 Å². The smallest absolute Gasteiger partial charge is 0.285 e. The van der Waals surface area contributed by atoms with Crippen molar-refractivity contribution >= 4 is 13.6 Å². The zero-order valence-electron chi connectivity index (χ0n) is 16.7. The summed E-state index contributed by atoms with van der Waals surface area (Å²) in [5.74, 6) is 1.77. The van der Waals surface area contributed by atoms with Gasteiger partial charge in [-0.2, -0.15) is 0 Å². The van der Waals surface area contributed by atoms with Crippen molar-refractivity contribution in [3.63, 3.8) is 0 Å². The molecule has 0 fully saturated rings. The molecule has 4 aromatic rings. The SMILES string of the molecule is Nc1c(-c2cc(Cc3ccc(Oc4ccccc4)nc3)no2)ccc[n+]1COP(=O)([O-])O. The summed E-state index contributed by atoms with van der Waals surface area (Å²) in [5.41, 5.74) is 8.15. The molecule has 0 radical (unpaired) electrons. The van der Waals surface area contributed by atoms with Crippen LogP contribution in [0.1, 0.15) is 11.3 Å². The molecule has 0 saturated carbocycles. The van der Waals surface area contributed by atoms with Crippen molar-refractivity contribution in [2.75, 3.05) is 5.73 Å². The second kappa shape index (κ2) is 9.29. The Morgan fingerprint density at radius 2 is 1.97 bits per heavy atom. The number of phosphoric acid groups is 1. The molecule has 11 heteroatoms. The van der Waals surface area contributed by atoms with E-state index in [-0.39, 0.29) is 5.82 Å². The number of nitrogens with two attached hydrogens (primary N) is 1. The molecule has 10 nitrogen and oxygen atoms in total. The lowest BCUT2D eigenvalue weighted by Gasteiger charge is -2.14. The maximum Gasteiger partial charge on any atom is 0.285 e. The van der Waals surface area contributed by atoms with Gasteiger partial charge in [-0.1, -0.05) is 29.4 Å². The van der Waals surface area contributed by atoms with Crippen molar-refractivity contribution in [1.82, 2.24) is 10.1 Å². The molecule has 0 aliphatic rings. The van der Waals surface area contributed by atoms with Crippen molar-refractivity contribution in [3.8, 4) is 23.0 Å². The Morgan fingerprint density at radius 3 is 2.69 bits per heavy atom. The minimum absolute atomic E-state index is 0.188. The minimum Gasteiger partial charge on any atom is -0.756 e. The van der Waals surface area contributed by atoms with Crippen LogP contribution in [0.5, 0.6) is 11.6 Å². The van der Waals surface area contributed by atoms with Crippen LogP contribution in [0.2, 0.25) is 0 Å². The Bertz CT molecular complexity index is 1240. The number of anilines is 1. The maximum absolute atomic E-state index is 10.8.